The number of hydrogen-bond donors (Lipinski definition) is 3. The molecule has 0 radical (unpaired) electrons. The van der Waals surface area contributed by atoms with E-state index in [0.29, 0.717) is 17.4 Å². The summed E-state index contributed by atoms with van der Waals surface area (Å²) in [6, 6.07) is -0.844. The normalized spacial score (nSPS) is 14.2. The van der Waals surface area contributed by atoms with E-state index in [4.69, 9.17) is 9.05 Å². The third-order valence-corrected chi connectivity index (χ3v) is 13.1. The third kappa shape index (κ3) is 47.0. The van der Waals surface area contributed by atoms with E-state index in [2.05, 4.69) is 31.3 Å². The molecule has 8 nitrogen and oxygen atoms in total. The number of unbranched alkanes of at least 4 members (excludes halogenated alkanes) is 34. The Hall–Kier alpha value is -1.02. The molecule has 0 aromatic heterocycles. The van der Waals surface area contributed by atoms with E-state index in [9.17, 15) is 19.4 Å². The maximum Gasteiger partial charge on any atom is 0.472 e. The van der Waals surface area contributed by atoms with Gasteiger partial charge in [0.1, 0.15) is 13.2 Å². The highest BCUT2D eigenvalue weighted by Crippen LogP contribution is 2.43. The second-order valence-corrected chi connectivity index (χ2v) is 21.1. The standard InChI is InChI=1S/C53H105N2O6P/c1-6-8-10-12-14-16-18-20-22-24-25-26-27-28-29-31-33-35-37-39-41-43-45-47-53(57)54-51(50-61-62(58,59)60-49-48-55(3,4)5)52(56)46-44-42-40-38-36-34-32-30-23-21-19-17-15-13-11-9-7-2/h24-25,44,46,51-52,56H,6-23,26-43,45,47-50H2,1-5H3,(H-,54,57,58,59)/p+1/b25-24-,46-44+. The monoisotopic (exact) mass is 898 g/mol. The number of carbonyl (C=O) groups is 1. The van der Waals surface area contributed by atoms with E-state index in [1.165, 1.54) is 199 Å². The van der Waals surface area contributed by atoms with Crippen LogP contribution >= 0.6 is 7.82 Å². The highest BCUT2D eigenvalue weighted by atomic mass is 31.2. The van der Waals surface area contributed by atoms with Gasteiger partial charge in [-0.2, -0.15) is 0 Å². The molecule has 62 heavy (non-hydrogen) atoms. The lowest BCUT2D eigenvalue weighted by Crippen LogP contribution is -2.45. The topological polar surface area (TPSA) is 105 Å². The van der Waals surface area contributed by atoms with Crippen LogP contribution in [0.5, 0.6) is 0 Å². The first-order valence-corrected chi connectivity index (χ1v) is 28.2. The first kappa shape index (κ1) is 61.0. The molecule has 0 spiro atoms. The molecule has 0 saturated heterocycles. The quantitative estimate of drug-likeness (QED) is 0.0243. The predicted molar refractivity (Wildman–Crippen MR) is 268 cm³/mol. The van der Waals surface area contributed by atoms with Crippen LogP contribution < -0.4 is 5.32 Å². The van der Waals surface area contributed by atoms with Gasteiger partial charge in [0.05, 0.1) is 39.9 Å². The number of aliphatic hydroxyl groups excluding tert-OH is 1. The Labute approximate surface area is 385 Å². The van der Waals surface area contributed by atoms with Gasteiger partial charge in [0, 0.05) is 6.42 Å². The minimum Gasteiger partial charge on any atom is -0.387 e. The molecule has 1 amide bonds. The van der Waals surface area contributed by atoms with Crippen LogP contribution in [0.25, 0.3) is 0 Å². The van der Waals surface area contributed by atoms with Crippen LogP contribution in [0.15, 0.2) is 24.3 Å². The summed E-state index contributed by atoms with van der Waals surface area (Å²) in [6.45, 7) is 4.84. The van der Waals surface area contributed by atoms with Crippen molar-refractivity contribution in [1.29, 1.82) is 0 Å². The van der Waals surface area contributed by atoms with Crippen molar-refractivity contribution in [2.24, 2.45) is 0 Å². The molecule has 0 aromatic rings. The number of phosphoric acid groups is 1. The van der Waals surface area contributed by atoms with Crippen LogP contribution in [-0.2, 0) is 18.4 Å². The van der Waals surface area contributed by atoms with Gasteiger partial charge < -0.3 is 19.8 Å². The lowest BCUT2D eigenvalue weighted by Gasteiger charge is -2.25. The summed E-state index contributed by atoms with van der Waals surface area (Å²) in [7, 11) is 1.58. The zero-order valence-electron chi connectivity index (χ0n) is 41.9. The van der Waals surface area contributed by atoms with Gasteiger partial charge >= 0.3 is 7.82 Å². The van der Waals surface area contributed by atoms with E-state index >= 15 is 0 Å². The van der Waals surface area contributed by atoms with E-state index < -0.39 is 20.0 Å². The number of hydrogen-bond acceptors (Lipinski definition) is 5. The average molecular weight is 898 g/mol. The van der Waals surface area contributed by atoms with E-state index in [1.807, 2.05) is 27.2 Å². The number of nitrogens with zero attached hydrogens (tertiary/aromatic N) is 1. The summed E-state index contributed by atoms with van der Waals surface area (Å²) in [5, 5.41) is 13.9. The Morgan fingerprint density at radius 2 is 0.871 bits per heavy atom. The maximum absolute atomic E-state index is 12.9. The van der Waals surface area contributed by atoms with Crippen molar-refractivity contribution in [3.8, 4) is 0 Å². The Bertz CT molecular complexity index is 1060. The van der Waals surface area contributed by atoms with Crippen molar-refractivity contribution in [3.05, 3.63) is 24.3 Å². The maximum atomic E-state index is 12.9. The zero-order valence-corrected chi connectivity index (χ0v) is 42.8. The molecule has 0 bridgehead atoms. The van der Waals surface area contributed by atoms with Crippen molar-refractivity contribution in [2.45, 2.75) is 270 Å². The number of nitrogens with one attached hydrogen (secondary N) is 1. The SMILES string of the molecule is CCCCCCCCCC/C=C\CCCCCCCCCCCCCC(=O)NC(COP(=O)(O)OCC[N+](C)(C)C)C(O)/C=C/CCCCCCCCCCCCCCCCC. The van der Waals surface area contributed by atoms with Crippen LogP contribution in [0.4, 0.5) is 0 Å². The second kappa shape index (κ2) is 45.1. The van der Waals surface area contributed by atoms with Crippen LogP contribution in [0.3, 0.4) is 0 Å². The summed E-state index contributed by atoms with van der Waals surface area (Å²) in [5.41, 5.74) is 0. The molecule has 3 N–H and O–H groups in total. The van der Waals surface area contributed by atoms with E-state index in [0.717, 1.165) is 38.5 Å². The summed E-state index contributed by atoms with van der Waals surface area (Å²) < 4.78 is 23.7. The summed E-state index contributed by atoms with van der Waals surface area (Å²) in [5.74, 6) is -0.175. The molecule has 0 saturated carbocycles. The fourth-order valence-electron chi connectivity index (χ4n) is 7.92. The fourth-order valence-corrected chi connectivity index (χ4v) is 8.66. The minimum atomic E-state index is -4.34. The van der Waals surface area contributed by atoms with Gasteiger partial charge in [-0.1, -0.05) is 231 Å². The Balaban J connectivity index is 4.24. The lowest BCUT2D eigenvalue weighted by atomic mass is 10.0. The first-order chi connectivity index (χ1) is 30.0. The van der Waals surface area contributed by atoms with Gasteiger partial charge in [0.2, 0.25) is 5.91 Å². The number of allylic oxidation sites excluding steroid dienone is 3. The van der Waals surface area contributed by atoms with Crippen molar-refractivity contribution in [1.82, 2.24) is 5.32 Å². The Kier molecular flexibility index (Phi) is 44.4. The molecule has 3 atom stereocenters. The summed E-state index contributed by atoms with van der Waals surface area (Å²) in [6.07, 6.45) is 55.4. The minimum absolute atomic E-state index is 0.0631. The van der Waals surface area contributed by atoms with Crippen LogP contribution in [0, 0.1) is 0 Å². The number of rotatable bonds is 49. The Morgan fingerprint density at radius 3 is 1.24 bits per heavy atom. The third-order valence-electron chi connectivity index (χ3n) is 12.2. The fraction of sp³-hybridized carbons (Fsp3) is 0.906. The van der Waals surface area contributed by atoms with Gasteiger partial charge in [-0.05, 0) is 44.9 Å². The molecular weight excluding hydrogens is 792 g/mol. The number of phosphoric ester groups is 1. The van der Waals surface area contributed by atoms with Crippen molar-refractivity contribution in [3.63, 3.8) is 0 Å². The van der Waals surface area contributed by atoms with Gasteiger partial charge in [0.15, 0.2) is 0 Å². The molecule has 0 heterocycles. The second-order valence-electron chi connectivity index (χ2n) is 19.6. The van der Waals surface area contributed by atoms with Gasteiger partial charge in [-0.3, -0.25) is 13.8 Å². The van der Waals surface area contributed by atoms with Crippen LogP contribution in [-0.4, -0.2) is 73.4 Å². The number of likely N-dealkylation sites (N-methyl/N-ethyl adjacent to an activating group) is 1. The van der Waals surface area contributed by atoms with Gasteiger partial charge in [0.25, 0.3) is 0 Å². The highest BCUT2D eigenvalue weighted by molar-refractivity contribution is 7.47. The number of amides is 1. The van der Waals surface area contributed by atoms with Crippen molar-refractivity contribution < 1.29 is 32.9 Å². The number of carbonyl (C=O) groups excluding carboxylic acids is 1. The van der Waals surface area contributed by atoms with Crippen LogP contribution in [0.1, 0.15) is 258 Å². The zero-order chi connectivity index (χ0) is 45.7. The summed E-state index contributed by atoms with van der Waals surface area (Å²) >= 11 is 0. The molecule has 0 fully saturated rings. The molecule has 368 valence electrons. The molecule has 0 aliphatic carbocycles. The molecule has 0 aliphatic heterocycles. The average Bonchev–Trinajstić information content (AvgIpc) is 3.23. The molecule has 0 rings (SSSR count). The molecular formula is C53H106N2O6P+. The van der Waals surface area contributed by atoms with Gasteiger partial charge in [-0.15, -0.1) is 0 Å². The lowest BCUT2D eigenvalue weighted by molar-refractivity contribution is -0.870. The smallest absolute Gasteiger partial charge is 0.387 e. The number of quaternary nitrogens is 1. The van der Waals surface area contributed by atoms with Crippen molar-refractivity contribution in [2.75, 3.05) is 40.9 Å². The highest BCUT2D eigenvalue weighted by Gasteiger charge is 2.27. The van der Waals surface area contributed by atoms with Gasteiger partial charge in [-0.25, -0.2) is 4.57 Å². The predicted octanol–water partition coefficient (Wildman–Crippen LogP) is 15.6. The molecule has 3 unspecified atom stereocenters. The summed E-state index contributed by atoms with van der Waals surface area (Å²) in [4.78, 5) is 23.2. The first-order valence-electron chi connectivity index (χ1n) is 26.7. The molecule has 0 aliphatic rings. The number of aliphatic hydroxyl groups is 1. The molecule has 0 aromatic carbocycles. The van der Waals surface area contributed by atoms with Crippen LogP contribution in [0.2, 0.25) is 0 Å². The van der Waals surface area contributed by atoms with Crippen molar-refractivity contribution >= 4 is 13.7 Å². The molecule has 9 heteroatoms. The van der Waals surface area contributed by atoms with E-state index in [1.54, 1.807) is 6.08 Å². The largest absolute Gasteiger partial charge is 0.472 e. The van der Waals surface area contributed by atoms with E-state index in [-0.39, 0.29) is 19.1 Å². The Morgan fingerprint density at radius 1 is 0.532 bits per heavy atom.